The van der Waals surface area contributed by atoms with E-state index in [1.54, 1.807) is 10.7 Å². The monoisotopic (exact) mass is 416 g/mol. The maximum absolute atomic E-state index is 13.0. The zero-order valence-corrected chi connectivity index (χ0v) is 17.7. The molecule has 31 heavy (non-hydrogen) atoms. The summed E-state index contributed by atoms with van der Waals surface area (Å²) in [4.78, 5) is 29.7. The van der Waals surface area contributed by atoms with Crippen LogP contribution in [-0.2, 0) is 0 Å². The fourth-order valence-electron chi connectivity index (χ4n) is 4.86. The van der Waals surface area contributed by atoms with Gasteiger partial charge in [0.2, 0.25) is 0 Å². The van der Waals surface area contributed by atoms with Crippen LogP contribution in [0.4, 0.5) is 0 Å². The molecular weight excluding hydrogens is 388 g/mol. The van der Waals surface area contributed by atoms with E-state index in [-0.39, 0.29) is 11.8 Å². The van der Waals surface area contributed by atoms with Gasteiger partial charge in [0.05, 0.1) is 17.3 Å². The third-order valence-corrected chi connectivity index (χ3v) is 6.69. The van der Waals surface area contributed by atoms with E-state index in [0.717, 1.165) is 62.9 Å². The Bertz CT molecular complexity index is 1080. The van der Waals surface area contributed by atoms with Crippen LogP contribution in [0.5, 0.6) is 0 Å². The van der Waals surface area contributed by atoms with Crippen LogP contribution in [-0.4, -0.2) is 57.4 Å². The van der Waals surface area contributed by atoms with Gasteiger partial charge in [-0.25, -0.2) is 4.52 Å². The molecule has 6 nitrogen and oxygen atoms in total. The molecule has 160 valence electrons. The number of rotatable bonds is 3. The Morgan fingerprint density at radius 3 is 2.29 bits per heavy atom. The average molecular weight is 417 g/mol. The quantitative estimate of drug-likeness (QED) is 0.649. The van der Waals surface area contributed by atoms with Gasteiger partial charge in [0.25, 0.3) is 11.8 Å². The topological polar surface area (TPSA) is 57.9 Å². The third kappa shape index (κ3) is 3.94. The third-order valence-electron chi connectivity index (χ3n) is 6.69. The summed E-state index contributed by atoms with van der Waals surface area (Å²) in [7, 11) is 0. The first-order chi connectivity index (χ1) is 15.2. The molecule has 2 aromatic heterocycles. The zero-order valence-electron chi connectivity index (χ0n) is 17.7. The number of piperidine rings is 2. The fraction of sp³-hybridized carbons (Fsp3) is 0.400. The highest BCUT2D eigenvalue weighted by Crippen LogP contribution is 2.30. The summed E-state index contributed by atoms with van der Waals surface area (Å²) in [5, 5.41) is 4.41. The number of hydrogen-bond acceptors (Lipinski definition) is 3. The predicted molar refractivity (Wildman–Crippen MR) is 119 cm³/mol. The van der Waals surface area contributed by atoms with Crippen LogP contribution in [0.3, 0.4) is 0 Å². The van der Waals surface area contributed by atoms with Crippen molar-refractivity contribution in [2.24, 2.45) is 0 Å². The lowest BCUT2D eigenvalue weighted by Crippen LogP contribution is -2.37. The summed E-state index contributed by atoms with van der Waals surface area (Å²) in [6.45, 7) is 3.18. The average Bonchev–Trinajstić information content (AvgIpc) is 3.27. The van der Waals surface area contributed by atoms with Gasteiger partial charge < -0.3 is 9.80 Å². The molecule has 3 aromatic rings. The Morgan fingerprint density at radius 1 is 0.839 bits per heavy atom. The summed E-state index contributed by atoms with van der Waals surface area (Å²) >= 11 is 0. The molecular formula is C25H28N4O2. The molecule has 5 rings (SSSR count). The molecule has 0 unspecified atom stereocenters. The molecule has 2 aliphatic rings. The number of carbonyl (C=O) groups is 2. The van der Waals surface area contributed by atoms with Gasteiger partial charge >= 0.3 is 0 Å². The molecule has 2 saturated heterocycles. The van der Waals surface area contributed by atoms with Crippen molar-refractivity contribution in [1.29, 1.82) is 0 Å². The van der Waals surface area contributed by atoms with Crippen LogP contribution in [0, 0.1) is 0 Å². The Labute approximate surface area is 182 Å². The molecule has 0 aliphatic carbocycles. The summed E-state index contributed by atoms with van der Waals surface area (Å²) in [6.07, 6.45) is 8.88. The van der Waals surface area contributed by atoms with Crippen molar-refractivity contribution in [3.8, 4) is 0 Å². The van der Waals surface area contributed by atoms with Crippen LogP contribution in [0.25, 0.3) is 5.52 Å². The fourth-order valence-corrected chi connectivity index (χ4v) is 4.86. The number of nitrogens with zero attached hydrogens (tertiary/aromatic N) is 4. The summed E-state index contributed by atoms with van der Waals surface area (Å²) < 4.78 is 1.80. The SMILES string of the molecule is O=C(c1ccccc1)N1CCC(c2ccn3ncc(C(=O)N4CCCCC4)c3c2)CC1. The van der Waals surface area contributed by atoms with Crippen molar-refractivity contribution in [2.45, 2.75) is 38.0 Å². The minimum atomic E-state index is 0.0927. The Kier molecular flexibility index (Phi) is 5.45. The van der Waals surface area contributed by atoms with E-state index in [0.29, 0.717) is 11.5 Å². The van der Waals surface area contributed by atoms with Gasteiger partial charge in [0.1, 0.15) is 0 Å². The van der Waals surface area contributed by atoms with Crippen molar-refractivity contribution in [3.05, 3.63) is 71.5 Å². The highest BCUT2D eigenvalue weighted by atomic mass is 16.2. The first-order valence-electron chi connectivity index (χ1n) is 11.3. The number of pyridine rings is 1. The lowest BCUT2D eigenvalue weighted by atomic mass is 9.89. The lowest BCUT2D eigenvalue weighted by molar-refractivity contribution is 0.0709. The van der Waals surface area contributed by atoms with Crippen molar-refractivity contribution in [2.75, 3.05) is 26.2 Å². The van der Waals surface area contributed by atoms with Crippen LogP contribution in [0.1, 0.15) is 64.3 Å². The number of benzene rings is 1. The van der Waals surface area contributed by atoms with E-state index < -0.39 is 0 Å². The standard InChI is InChI=1S/C25H28N4O2/c30-24(20-7-3-1-4-8-20)28-14-9-19(10-15-28)21-11-16-29-23(17-21)22(18-26-29)25(31)27-12-5-2-6-13-27/h1,3-4,7-8,11,16-19H,2,5-6,9-10,12-15H2. The van der Waals surface area contributed by atoms with Gasteiger partial charge in [-0.1, -0.05) is 18.2 Å². The van der Waals surface area contributed by atoms with E-state index in [1.165, 1.54) is 12.0 Å². The van der Waals surface area contributed by atoms with Crippen molar-refractivity contribution < 1.29 is 9.59 Å². The van der Waals surface area contributed by atoms with Gasteiger partial charge in [0, 0.05) is 37.9 Å². The number of fused-ring (bicyclic) bond motifs is 1. The van der Waals surface area contributed by atoms with E-state index >= 15 is 0 Å². The molecule has 2 fully saturated rings. The Hall–Kier alpha value is -3.15. The second-order valence-corrected chi connectivity index (χ2v) is 8.63. The number of aromatic nitrogens is 2. The highest BCUT2D eigenvalue weighted by molar-refractivity contribution is 6.00. The number of likely N-dealkylation sites (tertiary alicyclic amines) is 2. The van der Waals surface area contributed by atoms with Crippen molar-refractivity contribution in [3.63, 3.8) is 0 Å². The van der Waals surface area contributed by atoms with Crippen LogP contribution < -0.4 is 0 Å². The molecule has 0 radical (unpaired) electrons. The molecule has 0 saturated carbocycles. The minimum Gasteiger partial charge on any atom is -0.339 e. The smallest absolute Gasteiger partial charge is 0.257 e. The number of hydrogen-bond donors (Lipinski definition) is 0. The minimum absolute atomic E-state index is 0.0927. The second-order valence-electron chi connectivity index (χ2n) is 8.63. The van der Waals surface area contributed by atoms with Crippen molar-refractivity contribution >= 4 is 17.3 Å². The van der Waals surface area contributed by atoms with Crippen LogP contribution >= 0.6 is 0 Å². The van der Waals surface area contributed by atoms with Crippen LogP contribution in [0.2, 0.25) is 0 Å². The van der Waals surface area contributed by atoms with E-state index in [2.05, 4.69) is 17.2 Å². The maximum Gasteiger partial charge on any atom is 0.257 e. The molecule has 0 N–H and O–H groups in total. The summed E-state index contributed by atoms with van der Waals surface area (Å²) in [6, 6.07) is 13.7. The highest BCUT2D eigenvalue weighted by Gasteiger charge is 2.26. The molecule has 0 bridgehead atoms. The van der Waals surface area contributed by atoms with E-state index in [9.17, 15) is 9.59 Å². The summed E-state index contributed by atoms with van der Waals surface area (Å²) in [5.74, 6) is 0.590. The van der Waals surface area contributed by atoms with E-state index in [1.807, 2.05) is 46.3 Å². The van der Waals surface area contributed by atoms with Gasteiger partial charge in [-0.05, 0) is 67.9 Å². The molecule has 4 heterocycles. The lowest BCUT2D eigenvalue weighted by Gasteiger charge is -2.32. The predicted octanol–water partition coefficient (Wildman–Crippen LogP) is 3.98. The van der Waals surface area contributed by atoms with Gasteiger partial charge in [-0.15, -0.1) is 0 Å². The Balaban J connectivity index is 1.31. The first-order valence-corrected chi connectivity index (χ1v) is 11.3. The van der Waals surface area contributed by atoms with Gasteiger partial charge in [0.15, 0.2) is 0 Å². The van der Waals surface area contributed by atoms with Gasteiger partial charge in [-0.3, -0.25) is 9.59 Å². The van der Waals surface area contributed by atoms with E-state index in [4.69, 9.17) is 0 Å². The maximum atomic E-state index is 13.0. The largest absolute Gasteiger partial charge is 0.339 e. The molecule has 2 amide bonds. The molecule has 0 atom stereocenters. The normalized spacial score (nSPS) is 17.8. The number of carbonyl (C=O) groups excluding carboxylic acids is 2. The molecule has 6 heteroatoms. The first kappa shape index (κ1) is 19.8. The summed E-state index contributed by atoms with van der Waals surface area (Å²) in [5.41, 5.74) is 3.56. The molecule has 1 aromatic carbocycles. The Morgan fingerprint density at radius 2 is 1.55 bits per heavy atom. The van der Waals surface area contributed by atoms with Crippen molar-refractivity contribution in [1.82, 2.24) is 19.4 Å². The number of amides is 2. The van der Waals surface area contributed by atoms with Gasteiger partial charge in [-0.2, -0.15) is 5.10 Å². The second kappa shape index (κ2) is 8.53. The molecule has 0 spiro atoms. The molecule has 2 aliphatic heterocycles. The zero-order chi connectivity index (χ0) is 21.2. The van der Waals surface area contributed by atoms with Crippen LogP contribution in [0.15, 0.2) is 54.9 Å².